The summed E-state index contributed by atoms with van der Waals surface area (Å²) < 4.78 is 5.49. The van der Waals surface area contributed by atoms with E-state index < -0.39 is 0 Å². The molecular weight excluding hydrogens is 224 g/mol. The zero-order valence-electron chi connectivity index (χ0n) is 9.88. The Bertz CT molecular complexity index is 393. The number of rotatable bonds is 2. The molecule has 88 valence electrons. The lowest BCUT2D eigenvalue weighted by Crippen LogP contribution is -2.34. The van der Waals surface area contributed by atoms with Crippen LogP contribution in [0.1, 0.15) is 19.5 Å². The first-order chi connectivity index (χ1) is 7.50. The monoisotopic (exact) mass is 240 g/mol. The third-order valence-corrected chi connectivity index (χ3v) is 3.57. The summed E-state index contributed by atoms with van der Waals surface area (Å²) in [5, 5.41) is 4.14. The highest BCUT2D eigenvalue weighted by Crippen LogP contribution is 2.32. The van der Waals surface area contributed by atoms with Crippen LogP contribution in [-0.2, 0) is 4.74 Å². The summed E-state index contributed by atoms with van der Waals surface area (Å²) in [6.07, 6.45) is 1.77. The molecule has 1 atom stereocenters. The first-order valence-electron chi connectivity index (χ1n) is 5.46. The van der Waals surface area contributed by atoms with E-state index in [-0.39, 0.29) is 5.41 Å². The minimum Gasteiger partial charge on any atom is -0.379 e. The van der Waals surface area contributed by atoms with Crippen LogP contribution in [0.3, 0.4) is 0 Å². The van der Waals surface area contributed by atoms with E-state index in [1.54, 1.807) is 6.20 Å². The number of anilines is 1. The molecule has 0 aliphatic carbocycles. The zero-order valence-corrected chi connectivity index (χ0v) is 10.6. The smallest absolute Gasteiger partial charge is 0.0849 e. The summed E-state index contributed by atoms with van der Waals surface area (Å²) in [4.78, 5) is 4.15. The molecule has 3 nitrogen and oxygen atoms in total. The Morgan fingerprint density at radius 1 is 1.56 bits per heavy atom. The molecule has 1 aliphatic heterocycles. The standard InChI is InChI=1S/C12H17ClN2O/c1-8-11(13)9(4-5-14-8)15-10-6-16-7-12(10,2)3/h4-5,10H,6-7H2,1-3H3,(H,14,15). The number of halogens is 1. The Morgan fingerprint density at radius 3 is 2.94 bits per heavy atom. The Kier molecular flexibility index (Phi) is 3.08. The Labute approximate surface area is 101 Å². The lowest BCUT2D eigenvalue weighted by molar-refractivity contribution is 0.167. The largest absolute Gasteiger partial charge is 0.379 e. The third kappa shape index (κ3) is 2.15. The molecule has 1 aromatic rings. The van der Waals surface area contributed by atoms with E-state index in [4.69, 9.17) is 16.3 Å². The van der Waals surface area contributed by atoms with Crippen molar-refractivity contribution in [1.82, 2.24) is 4.98 Å². The van der Waals surface area contributed by atoms with Gasteiger partial charge in [-0.3, -0.25) is 4.98 Å². The van der Waals surface area contributed by atoms with Gasteiger partial charge in [-0.05, 0) is 13.0 Å². The van der Waals surface area contributed by atoms with E-state index >= 15 is 0 Å². The highest BCUT2D eigenvalue weighted by Gasteiger charge is 2.35. The van der Waals surface area contributed by atoms with E-state index in [1.165, 1.54) is 0 Å². The number of ether oxygens (including phenoxy) is 1. The average Bonchev–Trinajstić information content (AvgIpc) is 2.54. The Balaban J connectivity index is 2.18. The van der Waals surface area contributed by atoms with Gasteiger partial charge in [-0.15, -0.1) is 0 Å². The first kappa shape index (κ1) is 11.7. The number of aromatic nitrogens is 1. The molecule has 0 radical (unpaired) electrons. The van der Waals surface area contributed by atoms with E-state index in [9.17, 15) is 0 Å². The predicted octanol–water partition coefficient (Wildman–Crippen LogP) is 2.88. The molecule has 2 rings (SSSR count). The quantitative estimate of drug-likeness (QED) is 0.863. The predicted molar refractivity (Wildman–Crippen MR) is 66.0 cm³/mol. The minimum absolute atomic E-state index is 0.139. The highest BCUT2D eigenvalue weighted by atomic mass is 35.5. The summed E-state index contributed by atoms with van der Waals surface area (Å²) in [5.41, 5.74) is 1.93. The lowest BCUT2D eigenvalue weighted by atomic mass is 9.88. The van der Waals surface area contributed by atoms with Gasteiger partial charge in [-0.1, -0.05) is 25.4 Å². The van der Waals surface area contributed by atoms with Crippen molar-refractivity contribution in [1.29, 1.82) is 0 Å². The molecule has 1 unspecified atom stereocenters. The molecule has 0 saturated carbocycles. The van der Waals surface area contributed by atoms with Crippen molar-refractivity contribution < 1.29 is 4.74 Å². The van der Waals surface area contributed by atoms with E-state index in [0.29, 0.717) is 11.1 Å². The molecular formula is C12H17ClN2O. The zero-order chi connectivity index (χ0) is 11.8. The second-order valence-corrected chi connectivity index (χ2v) is 5.34. The van der Waals surface area contributed by atoms with Crippen molar-refractivity contribution in [3.05, 3.63) is 23.0 Å². The van der Waals surface area contributed by atoms with Crippen LogP contribution in [0.2, 0.25) is 5.02 Å². The molecule has 1 fully saturated rings. The van der Waals surface area contributed by atoms with Gasteiger partial charge in [0.1, 0.15) is 0 Å². The van der Waals surface area contributed by atoms with Crippen molar-refractivity contribution >= 4 is 17.3 Å². The van der Waals surface area contributed by atoms with Gasteiger partial charge in [0.25, 0.3) is 0 Å². The fourth-order valence-corrected chi connectivity index (χ4v) is 2.02. The molecule has 4 heteroatoms. The lowest BCUT2D eigenvalue weighted by Gasteiger charge is -2.26. The minimum atomic E-state index is 0.139. The van der Waals surface area contributed by atoms with Crippen LogP contribution in [0.5, 0.6) is 0 Å². The summed E-state index contributed by atoms with van der Waals surface area (Å²) in [6.45, 7) is 7.81. The molecule has 16 heavy (non-hydrogen) atoms. The number of nitrogens with one attached hydrogen (secondary N) is 1. The fourth-order valence-electron chi connectivity index (χ4n) is 1.85. The second kappa shape index (κ2) is 4.22. The topological polar surface area (TPSA) is 34.2 Å². The van der Waals surface area contributed by atoms with Gasteiger partial charge in [0, 0.05) is 11.6 Å². The number of aryl methyl sites for hydroxylation is 1. The average molecular weight is 241 g/mol. The molecule has 0 amide bonds. The Hall–Kier alpha value is -0.800. The van der Waals surface area contributed by atoms with E-state index in [2.05, 4.69) is 24.1 Å². The molecule has 0 spiro atoms. The van der Waals surface area contributed by atoms with Gasteiger partial charge in [0.15, 0.2) is 0 Å². The van der Waals surface area contributed by atoms with Crippen LogP contribution in [0, 0.1) is 12.3 Å². The maximum absolute atomic E-state index is 6.20. The number of nitrogens with zero attached hydrogens (tertiary/aromatic N) is 1. The van der Waals surface area contributed by atoms with Gasteiger partial charge in [-0.25, -0.2) is 0 Å². The number of pyridine rings is 1. The van der Waals surface area contributed by atoms with Crippen LogP contribution >= 0.6 is 11.6 Å². The molecule has 1 aromatic heterocycles. The third-order valence-electron chi connectivity index (χ3n) is 3.10. The van der Waals surface area contributed by atoms with Crippen LogP contribution in [-0.4, -0.2) is 24.2 Å². The van der Waals surface area contributed by atoms with Gasteiger partial charge in [0.2, 0.25) is 0 Å². The van der Waals surface area contributed by atoms with Gasteiger partial charge in [-0.2, -0.15) is 0 Å². The SMILES string of the molecule is Cc1nccc(NC2COCC2(C)C)c1Cl. The summed E-state index contributed by atoms with van der Waals surface area (Å²) >= 11 is 6.20. The van der Waals surface area contributed by atoms with Crippen LogP contribution < -0.4 is 5.32 Å². The first-order valence-corrected chi connectivity index (χ1v) is 5.84. The molecule has 1 saturated heterocycles. The van der Waals surface area contributed by atoms with Crippen LogP contribution in [0.25, 0.3) is 0 Å². The normalized spacial score (nSPS) is 23.4. The molecule has 0 aromatic carbocycles. The summed E-state index contributed by atoms with van der Waals surface area (Å²) in [5.74, 6) is 0. The van der Waals surface area contributed by atoms with Crippen LogP contribution in [0.4, 0.5) is 5.69 Å². The number of hydrogen-bond acceptors (Lipinski definition) is 3. The molecule has 1 aliphatic rings. The summed E-state index contributed by atoms with van der Waals surface area (Å²) in [7, 11) is 0. The van der Waals surface area contributed by atoms with Crippen molar-refractivity contribution in [2.75, 3.05) is 18.5 Å². The highest BCUT2D eigenvalue weighted by molar-refractivity contribution is 6.33. The van der Waals surface area contributed by atoms with E-state index in [1.807, 2.05) is 13.0 Å². The Morgan fingerprint density at radius 2 is 2.31 bits per heavy atom. The molecule has 1 N–H and O–H groups in total. The van der Waals surface area contributed by atoms with Crippen molar-refractivity contribution in [2.24, 2.45) is 5.41 Å². The van der Waals surface area contributed by atoms with Crippen molar-refractivity contribution in [2.45, 2.75) is 26.8 Å². The number of hydrogen-bond donors (Lipinski definition) is 1. The second-order valence-electron chi connectivity index (χ2n) is 4.96. The van der Waals surface area contributed by atoms with E-state index in [0.717, 1.165) is 24.6 Å². The molecule has 0 bridgehead atoms. The fraction of sp³-hybridized carbons (Fsp3) is 0.583. The maximum Gasteiger partial charge on any atom is 0.0849 e. The van der Waals surface area contributed by atoms with Crippen molar-refractivity contribution in [3.63, 3.8) is 0 Å². The van der Waals surface area contributed by atoms with Gasteiger partial charge >= 0.3 is 0 Å². The van der Waals surface area contributed by atoms with Crippen molar-refractivity contribution in [3.8, 4) is 0 Å². The van der Waals surface area contributed by atoms with Crippen LogP contribution in [0.15, 0.2) is 12.3 Å². The molecule has 2 heterocycles. The summed E-state index contributed by atoms with van der Waals surface area (Å²) in [6, 6.07) is 2.20. The maximum atomic E-state index is 6.20. The van der Waals surface area contributed by atoms with Gasteiger partial charge < -0.3 is 10.1 Å². The van der Waals surface area contributed by atoms with Gasteiger partial charge in [0.05, 0.1) is 35.7 Å².